The Morgan fingerprint density at radius 3 is 2.07 bits per heavy atom. The molecule has 6 rings (SSSR count). The highest BCUT2D eigenvalue weighted by Gasteiger charge is 2.70. The molecule has 5 fully saturated rings. The van der Waals surface area contributed by atoms with Crippen LogP contribution < -0.4 is 5.32 Å². The van der Waals surface area contributed by atoms with Crippen molar-refractivity contribution in [2.75, 3.05) is 13.1 Å². The van der Waals surface area contributed by atoms with Gasteiger partial charge in [0.15, 0.2) is 5.78 Å². The number of carboxylic acids is 1. The number of esters is 1. The first-order valence-corrected chi connectivity index (χ1v) is 21.7. The Kier molecular flexibility index (Phi) is 10.8. The van der Waals surface area contributed by atoms with Crippen LogP contribution in [-0.2, 0) is 28.7 Å². The van der Waals surface area contributed by atoms with E-state index in [0.717, 1.165) is 56.9 Å². The quantitative estimate of drug-likeness (QED) is 0.244. The number of allylic oxidation sites excluding steroid dienone is 1. The molecule has 0 bridgehead atoms. The number of carbonyl (C=O) groups excluding carboxylic acids is 4. The molecule has 0 aromatic rings. The summed E-state index contributed by atoms with van der Waals surface area (Å²) in [6, 6.07) is 0. The van der Waals surface area contributed by atoms with E-state index in [1.807, 2.05) is 20.8 Å². The van der Waals surface area contributed by atoms with E-state index in [1.165, 1.54) is 5.57 Å². The van der Waals surface area contributed by atoms with Gasteiger partial charge >= 0.3 is 18.0 Å². The number of carbonyl (C=O) groups is 5. The number of nitrogens with zero attached hydrogens (tertiary/aromatic N) is 1. The van der Waals surface area contributed by atoms with Crippen molar-refractivity contribution in [3.05, 3.63) is 11.1 Å². The van der Waals surface area contributed by atoms with Crippen molar-refractivity contribution in [2.24, 2.45) is 56.7 Å². The van der Waals surface area contributed by atoms with Gasteiger partial charge in [0.25, 0.3) is 0 Å². The second-order valence-corrected chi connectivity index (χ2v) is 22.2. The molecule has 314 valence electrons. The summed E-state index contributed by atoms with van der Waals surface area (Å²) in [5.41, 5.74) is -0.540. The number of aliphatic carboxylic acids is 1. The number of hydrogen-bond donors (Lipinski definition) is 2. The zero-order chi connectivity index (χ0) is 41.6. The normalized spacial score (nSPS) is 37.2. The second kappa shape index (κ2) is 14.1. The van der Waals surface area contributed by atoms with Crippen molar-refractivity contribution >= 4 is 29.7 Å². The Labute approximate surface area is 336 Å². The number of Topliss-reactive ketones (excluding diaryl/α,β-unsaturated/α-hetero) is 1. The average molecular weight is 781 g/mol. The van der Waals surface area contributed by atoms with Crippen LogP contribution in [0.4, 0.5) is 4.79 Å². The molecule has 0 unspecified atom stereocenters. The summed E-state index contributed by atoms with van der Waals surface area (Å²) in [5, 5.41) is 13.2. The maximum absolute atomic E-state index is 14.2. The topological polar surface area (TPSA) is 139 Å². The van der Waals surface area contributed by atoms with Crippen molar-refractivity contribution in [1.29, 1.82) is 0 Å². The molecular weight excluding hydrogens is 709 g/mol. The lowest BCUT2D eigenvalue weighted by Crippen LogP contribution is -2.67. The molecule has 10 heteroatoms. The third kappa shape index (κ3) is 6.92. The van der Waals surface area contributed by atoms with E-state index in [4.69, 9.17) is 9.47 Å². The molecular formula is C46H72N2O8. The van der Waals surface area contributed by atoms with Gasteiger partial charge in [0.1, 0.15) is 11.7 Å². The fraction of sp³-hybridized carbons (Fsp3) is 0.848. The second-order valence-electron chi connectivity index (χ2n) is 22.2. The Morgan fingerprint density at radius 2 is 1.48 bits per heavy atom. The van der Waals surface area contributed by atoms with Crippen molar-refractivity contribution < 1.29 is 38.6 Å². The Hall–Kier alpha value is -2.91. The summed E-state index contributed by atoms with van der Waals surface area (Å²) < 4.78 is 11.8. The standard InChI is InChI=1S/C46H72N2O8/c1-27(2)35-30(49)25-46(47-37(51)28-17-23-48(24-18-28)39(54)56-40(3,4)5)22-21-44(11)29(36(35)46)13-14-32-43(10)19-16-33(55-34(50)26-41(6,7)38(52)53)42(8,9)31(43)15-20-45(32,44)12/h27-29,31-33H,13-26H2,1-12H3,(H,47,51)(H,52,53)/t29-,31+,32-,33+,43+,44-,45-,46-/m1/s1. The molecule has 1 saturated heterocycles. The third-order valence-electron chi connectivity index (χ3n) is 16.7. The number of likely N-dealkylation sites (tertiary alicyclic amines) is 1. The summed E-state index contributed by atoms with van der Waals surface area (Å²) in [7, 11) is 0. The third-order valence-corrected chi connectivity index (χ3v) is 16.7. The van der Waals surface area contributed by atoms with E-state index in [1.54, 1.807) is 18.7 Å². The number of amides is 2. The Morgan fingerprint density at radius 1 is 0.839 bits per heavy atom. The number of nitrogens with one attached hydrogen (secondary N) is 1. The van der Waals surface area contributed by atoms with E-state index < -0.39 is 28.5 Å². The molecule has 0 aromatic heterocycles. The van der Waals surface area contributed by atoms with Gasteiger partial charge in [0, 0.05) is 30.8 Å². The minimum atomic E-state index is -1.18. The van der Waals surface area contributed by atoms with Crippen LogP contribution in [-0.4, -0.2) is 70.1 Å². The number of ketones is 1. The Balaban J connectivity index is 1.23. The summed E-state index contributed by atoms with van der Waals surface area (Å²) in [6.07, 6.45) is 8.23. The van der Waals surface area contributed by atoms with Crippen molar-refractivity contribution in [3.63, 3.8) is 0 Å². The van der Waals surface area contributed by atoms with E-state index in [2.05, 4.69) is 53.8 Å². The summed E-state index contributed by atoms with van der Waals surface area (Å²) >= 11 is 0. The van der Waals surface area contributed by atoms with E-state index in [-0.39, 0.29) is 69.7 Å². The highest BCUT2D eigenvalue weighted by molar-refractivity contribution is 6.02. The van der Waals surface area contributed by atoms with Crippen molar-refractivity contribution in [3.8, 4) is 0 Å². The predicted octanol–water partition coefficient (Wildman–Crippen LogP) is 8.90. The minimum Gasteiger partial charge on any atom is -0.481 e. The van der Waals surface area contributed by atoms with Gasteiger partial charge in [-0.15, -0.1) is 0 Å². The largest absolute Gasteiger partial charge is 0.481 e. The van der Waals surface area contributed by atoms with Gasteiger partial charge in [0.2, 0.25) is 5.91 Å². The first-order chi connectivity index (χ1) is 25.7. The molecule has 10 nitrogen and oxygen atoms in total. The molecule has 6 aliphatic rings. The van der Waals surface area contributed by atoms with Crippen molar-refractivity contribution in [1.82, 2.24) is 10.2 Å². The summed E-state index contributed by atoms with van der Waals surface area (Å²) in [6.45, 7) is 26.0. The first kappa shape index (κ1) is 42.7. The maximum atomic E-state index is 14.2. The zero-order valence-corrected chi connectivity index (χ0v) is 36.6. The Bertz CT molecular complexity index is 1660. The molecule has 2 amide bonds. The molecule has 1 heterocycles. The molecule has 4 saturated carbocycles. The van der Waals surface area contributed by atoms with E-state index in [9.17, 15) is 29.1 Å². The monoisotopic (exact) mass is 781 g/mol. The van der Waals surface area contributed by atoms with E-state index in [0.29, 0.717) is 44.2 Å². The van der Waals surface area contributed by atoms with Gasteiger partial charge in [0.05, 0.1) is 17.4 Å². The van der Waals surface area contributed by atoms with Crippen molar-refractivity contribution in [2.45, 2.75) is 177 Å². The maximum Gasteiger partial charge on any atom is 0.410 e. The fourth-order valence-corrected chi connectivity index (χ4v) is 13.6. The lowest BCUT2D eigenvalue weighted by atomic mass is 9.33. The highest BCUT2D eigenvalue weighted by atomic mass is 16.6. The molecule has 8 atom stereocenters. The smallest absolute Gasteiger partial charge is 0.410 e. The van der Waals surface area contributed by atoms with Gasteiger partial charge < -0.3 is 24.8 Å². The molecule has 2 N–H and O–H groups in total. The molecule has 0 radical (unpaired) electrons. The van der Waals surface area contributed by atoms with Crippen LogP contribution in [0.25, 0.3) is 0 Å². The van der Waals surface area contributed by atoms with Gasteiger partial charge in [-0.05, 0) is 150 Å². The van der Waals surface area contributed by atoms with Crippen LogP contribution in [0.3, 0.4) is 0 Å². The number of carboxylic acid groups (broad SMARTS) is 1. The highest BCUT2D eigenvalue weighted by Crippen LogP contribution is 2.76. The first-order valence-electron chi connectivity index (χ1n) is 21.7. The SMILES string of the molecule is CC(C)C1=C2[C@H]3CC[C@@H]4[C@@]5(C)CC[C@H](OC(=O)CC(C)(C)C(=O)O)C(C)(C)[C@@H]5CC[C@@]4(C)[C@]3(C)CC[C@@]2(NC(=O)C2CCN(C(=O)OC(C)(C)C)CC2)CC1=O. The number of fused-ring (bicyclic) bond motifs is 7. The van der Waals surface area contributed by atoms with Crippen LogP contribution in [0.5, 0.6) is 0 Å². The predicted molar refractivity (Wildman–Crippen MR) is 214 cm³/mol. The van der Waals surface area contributed by atoms with Crippen LogP contribution in [0.2, 0.25) is 0 Å². The molecule has 0 aromatic carbocycles. The van der Waals surface area contributed by atoms with Crippen LogP contribution in [0.1, 0.15) is 160 Å². The summed E-state index contributed by atoms with van der Waals surface area (Å²) in [4.78, 5) is 67.7. The fourth-order valence-electron chi connectivity index (χ4n) is 13.6. The van der Waals surface area contributed by atoms with Gasteiger partial charge in [-0.3, -0.25) is 19.2 Å². The molecule has 0 spiro atoms. The minimum absolute atomic E-state index is 0.00637. The summed E-state index contributed by atoms with van der Waals surface area (Å²) in [5.74, 6) is -0.413. The van der Waals surface area contributed by atoms with Gasteiger partial charge in [-0.1, -0.05) is 48.5 Å². The number of hydrogen-bond acceptors (Lipinski definition) is 7. The van der Waals surface area contributed by atoms with Crippen LogP contribution >= 0.6 is 0 Å². The average Bonchev–Trinajstić information content (AvgIpc) is 3.37. The number of piperidine rings is 1. The number of ether oxygens (including phenoxy) is 2. The van der Waals surface area contributed by atoms with Crippen LogP contribution in [0, 0.1) is 56.7 Å². The lowest BCUT2D eigenvalue weighted by molar-refractivity contribution is -0.232. The van der Waals surface area contributed by atoms with Gasteiger partial charge in [-0.2, -0.15) is 0 Å². The molecule has 1 aliphatic heterocycles. The van der Waals surface area contributed by atoms with Gasteiger partial charge in [-0.25, -0.2) is 4.79 Å². The zero-order valence-electron chi connectivity index (χ0n) is 36.6. The van der Waals surface area contributed by atoms with Crippen LogP contribution in [0.15, 0.2) is 11.1 Å². The molecule has 5 aliphatic carbocycles. The number of rotatable bonds is 7. The van der Waals surface area contributed by atoms with E-state index >= 15 is 0 Å². The lowest BCUT2D eigenvalue weighted by Gasteiger charge is -2.72. The molecule has 56 heavy (non-hydrogen) atoms.